The van der Waals surface area contributed by atoms with Crippen LogP contribution in [-0.4, -0.2) is 104 Å². The van der Waals surface area contributed by atoms with Crippen LogP contribution in [-0.2, 0) is 49.3 Å². The van der Waals surface area contributed by atoms with E-state index in [1.807, 2.05) is 30.3 Å². The summed E-state index contributed by atoms with van der Waals surface area (Å²) in [6.07, 6.45) is -4.29. The Balaban J connectivity index is 1.90. The predicted octanol–water partition coefficient (Wildman–Crippen LogP) is 3.62. The van der Waals surface area contributed by atoms with Crippen LogP contribution in [0.5, 0.6) is 0 Å². The molecular formula is C35H48O15. The highest BCUT2D eigenvalue weighted by atomic mass is 16.8. The first-order valence-corrected chi connectivity index (χ1v) is 16.8. The lowest BCUT2D eigenvalue weighted by molar-refractivity contribution is -0.374. The van der Waals surface area contributed by atoms with E-state index in [1.165, 1.54) is 6.92 Å². The van der Waals surface area contributed by atoms with Crippen LogP contribution < -0.4 is 0 Å². The van der Waals surface area contributed by atoms with Gasteiger partial charge >= 0.3 is 30.0 Å². The Bertz CT molecular complexity index is 1380. The van der Waals surface area contributed by atoms with Crippen LogP contribution in [0.15, 0.2) is 42.5 Å². The molecule has 5 N–H and O–H groups in total. The smallest absolute Gasteiger partial charge is 0.479 e. The molecule has 278 valence electrons. The summed E-state index contributed by atoms with van der Waals surface area (Å²) in [4.78, 5) is 62.6. The molecule has 2 aliphatic rings. The van der Waals surface area contributed by atoms with Crippen LogP contribution >= 0.6 is 0 Å². The molecule has 15 heteroatoms. The molecule has 2 bridgehead atoms. The molecule has 50 heavy (non-hydrogen) atoms. The van der Waals surface area contributed by atoms with Crippen LogP contribution in [0.4, 0.5) is 4.79 Å². The Hall–Kier alpha value is -4.05. The number of fused-ring (bicyclic) bond motifs is 2. The fraction of sp³-hybridized carbons (Fsp3) is 0.629. The van der Waals surface area contributed by atoms with E-state index in [2.05, 4.69) is 13.5 Å². The van der Waals surface area contributed by atoms with Gasteiger partial charge in [0.1, 0.15) is 12.2 Å². The summed E-state index contributed by atoms with van der Waals surface area (Å²) in [5.41, 5.74) is -6.34. The highest BCUT2D eigenvalue weighted by Crippen LogP contribution is 2.56. The van der Waals surface area contributed by atoms with Gasteiger partial charge in [0.2, 0.25) is 17.5 Å². The van der Waals surface area contributed by atoms with Crippen LogP contribution in [0.1, 0.15) is 84.1 Å². The Morgan fingerprint density at radius 1 is 0.960 bits per heavy atom. The molecule has 2 heterocycles. The third-order valence-corrected chi connectivity index (χ3v) is 9.20. The molecule has 15 nitrogen and oxygen atoms in total. The van der Waals surface area contributed by atoms with E-state index in [1.54, 1.807) is 6.92 Å². The summed E-state index contributed by atoms with van der Waals surface area (Å²) in [5, 5.41) is 53.4. The molecule has 0 saturated carbocycles. The summed E-state index contributed by atoms with van der Waals surface area (Å²) >= 11 is 0. The second-order valence-electron chi connectivity index (χ2n) is 12.9. The van der Waals surface area contributed by atoms with Gasteiger partial charge in [0.25, 0.3) is 5.60 Å². The number of aliphatic hydroxyl groups is 2. The van der Waals surface area contributed by atoms with Gasteiger partial charge in [-0.05, 0) is 30.4 Å². The summed E-state index contributed by atoms with van der Waals surface area (Å²) < 4.78 is 26.9. The molecule has 0 radical (unpaired) electrons. The monoisotopic (exact) mass is 708 g/mol. The van der Waals surface area contributed by atoms with Gasteiger partial charge in [-0.3, -0.25) is 4.79 Å². The molecule has 2 aliphatic heterocycles. The van der Waals surface area contributed by atoms with Crippen LogP contribution in [0, 0.1) is 5.92 Å². The Labute approximate surface area is 290 Å². The maximum absolute atomic E-state index is 12.9. The Morgan fingerprint density at radius 3 is 2.14 bits per heavy atom. The molecule has 2 fully saturated rings. The van der Waals surface area contributed by atoms with Gasteiger partial charge in [-0.15, -0.1) is 0 Å². The number of ether oxygens (including phenoxy) is 5. The normalized spacial score (nSPS) is 28.2. The Morgan fingerprint density at radius 2 is 1.58 bits per heavy atom. The van der Waals surface area contributed by atoms with Crippen molar-refractivity contribution in [3.8, 4) is 0 Å². The van der Waals surface area contributed by atoms with Crippen molar-refractivity contribution in [1.29, 1.82) is 0 Å². The third kappa shape index (κ3) is 8.45. The fourth-order valence-electron chi connectivity index (χ4n) is 6.65. The molecular weight excluding hydrogens is 660 g/mol. The minimum Gasteiger partial charge on any atom is -0.479 e. The average Bonchev–Trinajstić information content (AvgIpc) is 3.27. The zero-order chi connectivity index (χ0) is 37.3. The quantitative estimate of drug-likeness (QED) is 0.0740. The second-order valence-corrected chi connectivity index (χ2v) is 12.9. The second kappa shape index (κ2) is 17.2. The highest BCUT2D eigenvalue weighted by molar-refractivity contribution is 5.98. The van der Waals surface area contributed by atoms with Gasteiger partial charge < -0.3 is 49.2 Å². The van der Waals surface area contributed by atoms with E-state index < -0.39 is 77.9 Å². The SMILES string of the molecule is C=C(CCC12OC(C(=O)O)C(O)(C(=O)O)C(C(=O)O)(O1)C(OC(=O)OCCCCCCCCC)C2O)C(OC(C)=O)C(C)Cc1ccccc1. The average molecular weight is 709 g/mol. The van der Waals surface area contributed by atoms with Crippen molar-refractivity contribution in [3.63, 3.8) is 0 Å². The lowest BCUT2D eigenvalue weighted by atomic mass is 9.74. The van der Waals surface area contributed by atoms with Crippen molar-refractivity contribution in [2.75, 3.05) is 6.61 Å². The first-order chi connectivity index (χ1) is 23.6. The number of carbonyl (C=O) groups is 5. The number of carboxylic acids is 3. The minimum absolute atomic E-state index is 0.155. The number of unbranched alkanes of at least 4 members (excludes halogenated alkanes) is 6. The first kappa shape index (κ1) is 40.4. The van der Waals surface area contributed by atoms with E-state index in [0.717, 1.165) is 37.7 Å². The van der Waals surface area contributed by atoms with E-state index in [4.69, 9.17) is 23.7 Å². The van der Waals surface area contributed by atoms with Gasteiger partial charge in [-0.1, -0.05) is 89.3 Å². The summed E-state index contributed by atoms with van der Waals surface area (Å²) in [6, 6.07) is 9.27. The summed E-state index contributed by atoms with van der Waals surface area (Å²) in [7, 11) is 0. The molecule has 8 unspecified atom stereocenters. The third-order valence-electron chi connectivity index (χ3n) is 9.20. The maximum atomic E-state index is 12.9. The molecule has 3 rings (SSSR count). The van der Waals surface area contributed by atoms with Crippen LogP contribution in [0.2, 0.25) is 0 Å². The Kier molecular flexibility index (Phi) is 13.9. The maximum Gasteiger partial charge on any atom is 0.508 e. The highest BCUT2D eigenvalue weighted by Gasteiger charge is 2.86. The van der Waals surface area contributed by atoms with Crippen molar-refractivity contribution < 1.29 is 73.2 Å². The number of hydrogen-bond acceptors (Lipinski definition) is 12. The van der Waals surface area contributed by atoms with Gasteiger partial charge in [0.05, 0.1) is 6.61 Å². The first-order valence-electron chi connectivity index (χ1n) is 16.8. The molecule has 0 amide bonds. The predicted molar refractivity (Wildman–Crippen MR) is 173 cm³/mol. The number of rotatable bonds is 20. The molecule has 0 aliphatic carbocycles. The van der Waals surface area contributed by atoms with Crippen molar-refractivity contribution in [3.05, 3.63) is 48.0 Å². The number of aliphatic carboxylic acids is 3. The fourth-order valence-corrected chi connectivity index (χ4v) is 6.65. The van der Waals surface area contributed by atoms with E-state index in [0.29, 0.717) is 19.3 Å². The van der Waals surface area contributed by atoms with E-state index in [9.17, 15) is 49.5 Å². The molecule has 0 spiro atoms. The largest absolute Gasteiger partial charge is 0.508 e. The molecule has 8 atom stereocenters. The van der Waals surface area contributed by atoms with Gasteiger partial charge in [0, 0.05) is 19.3 Å². The van der Waals surface area contributed by atoms with Crippen LogP contribution in [0.3, 0.4) is 0 Å². The lowest BCUT2D eigenvalue weighted by Gasteiger charge is -2.48. The zero-order valence-corrected chi connectivity index (χ0v) is 28.6. The number of carboxylic acid groups (broad SMARTS) is 3. The summed E-state index contributed by atoms with van der Waals surface area (Å²) in [5.74, 6) is -10.4. The zero-order valence-electron chi connectivity index (χ0n) is 28.6. The van der Waals surface area contributed by atoms with Crippen molar-refractivity contribution >= 4 is 30.0 Å². The number of esters is 1. The van der Waals surface area contributed by atoms with E-state index >= 15 is 0 Å². The molecule has 1 aromatic carbocycles. The number of hydrogen-bond donors (Lipinski definition) is 5. The standard InChI is InChI=1S/C35H48O15/c1-5-6-7-8-9-10-14-19-46-32(44)48-27-26(37)33(49-28(29(38)39)34(45,30(40)41)35(27,50-33)31(42)43)18-17-21(2)25(47-23(4)36)22(3)20-24-15-12-11-13-16-24/h11-13,15-16,22,25-28,37,45H,2,5-10,14,17-20H2,1,3-4H3,(H,38,39)(H,40,41)(H,42,43). The van der Waals surface area contributed by atoms with Crippen molar-refractivity contribution in [2.24, 2.45) is 5.92 Å². The topological polar surface area (TPSA) is 233 Å². The number of benzene rings is 1. The van der Waals surface area contributed by atoms with E-state index in [-0.39, 0.29) is 24.5 Å². The molecule has 2 saturated heterocycles. The molecule has 0 aromatic heterocycles. The number of carbonyl (C=O) groups excluding carboxylic acids is 2. The minimum atomic E-state index is -3.92. The molecule has 1 aromatic rings. The van der Waals surface area contributed by atoms with Crippen molar-refractivity contribution in [1.82, 2.24) is 0 Å². The van der Waals surface area contributed by atoms with Gasteiger partial charge in [0.15, 0.2) is 6.10 Å². The number of aliphatic hydroxyl groups excluding tert-OH is 1. The van der Waals surface area contributed by atoms with Gasteiger partial charge in [-0.25, -0.2) is 19.2 Å². The van der Waals surface area contributed by atoms with Gasteiger partial charge in [-0.2, -0.15) is 0 Å². The van der Waals surface area contributed by atoms with Crippen LogP contribution in [0.25, 0.3) is 0 Å². The lowest BCUT2D eigenvalue weighted by Crippen LogP contribution is -2.78. The van der Waals surface area contributed by atoms with Crippen molar-refractivity contribution in [2.45, 2.75) is 126 Å². The summed E-state index contributed by atoms with van der Waals surface area (Å²) in [6.45, 7) is 8.94.